The lowest BCUT2D eigenvalue weighted by Crippen LogP contribution is -2.48. The van der Waals surface area contributed by atoms with Gasteiger partial charge in [-0.25, -0.2) is 4.79 Å². The molecule has 4 bridgehead atoms. The third-order valence-electron chi connectivity index (χ3n) is 7.49. The molecule has 0 aromatic carbocycles. The summed E-state index contributed by atoms with van der Waals surface area (Å²) in [5.74, 6) is 2.10. The molecule has 0 aromatic heterocycles. The summed E-state index contributed by atoms with van der Waals surface area (Å²) in [4.78, 5) is 23.9. The van der Waals surface area contributed by atoms with Gasteiger partial charge in [0.05, 0.1) is 12.5 Å². The minimum Gasteiger partial charge on any atom is -0.459 e. The van der Waals surface area contributed by atoms with Gasteiger partial charge in [-0.15, -0.1) is 0 Å². The van der Waals surface area contributed by atoms with Crippen LogP contribution in [0, 0.1) is 29.1 Å². The van der Waals surface area contributed by atoms with Crippen LogP contribution in [0.15, 0.2) is 12.2 Å². The van der Waals surface area contributed by atoms with Gasteiger partial charge in [0.2, 0.25) is 0 Å². The Morgan fingerprint density at radius 1 is 0.964 bits per heavy atom. The van der Waals surface area contributed by atoms with E-state index in [0.29, 0.717) is 36.7 Å². The Bertz CT molecular complexity index is 581. The van der Waals surface area contributed by atoms with Gasteiger partial charge in [-0.2, -0.15) is 0 Å². The van der Waals surface area contributed by atoms with Crippen molar-refractivity contribution in [1.29, 1.82) is 0 Å². The highest BCUT2D eigenvalue weighted by atomic mass is 16.7. The van der Waals surface area contributed by atoms with Gasteiger partial charge < -0.3 is 14.2 Å². The minimum atomic E-state index is -0.343. The summed E-state index contributed by atoms with van der Waals surface area (Å²) < 4.78 is 16.7. The van der Waals surface area contributed by atoms with Gasteiger partial charge in [0.1, 0.15) is 6.10 Å². The number of esters is 2. The predicted molar refractivity (Wildman–Crippen MR) is 104 cm³/mol. The van der Waals surface area contributed by atoms with Crippen LogP contribution in [0.1, 0.15) is 71.1 Å². The SMILES string of the molecule is C=C(C)C(=O)OC1CCC(C(=O)OCOCC23CC4CC(CC(C4)C2)C3)CC1. The lowest BCUT2D eigenvalue weighted by atomic mass is 9.50. The van der Waals surface area contributed by atoms with Crippen molar-refractivity contribution < 1.29 is 23.8 Å². The van der Waals surface area contributed by atoms with Crippen molar-refractivity contribution in [2.45, 2.75) is 77.2 Å². The van der Waals surface area contributed by atoms with Crippen LogP contribution in [-0.4, -0.2) is 31.4 Å². The van der Waals surface area contributed by atoms with Crippen LogP contribution in [0.5, 0.6) is 0 Å². The highest BCUT2D eigenvalue weighted by molar-refractivity contribution is 5.87. The third kappa shape index (κ3) is 4.45. The molecule has 0 spiro atoms. The number of carbonyl (C=O) groups is 2. The fourth-order valence-corrected chi connectivity index (χ4v) is 6.61. The maximum absolute atomic E-state index is 12.3. The highest BCUT2D eigenvalue weighted by Gasteiger charge is 2.50. The molecule has 5 nitrogen and oxygen atoms in total. The quantitative estimate of drug-likeness (QED) is 0.279. The van der Waals surface area contributed by atoms with E-state index in [1.165, 1.54) is 38.5 Å². The normalized spacial score (nSPS) is 38.8. The van der Waals surface area contributed by atoms with Crippen LogP contribution >= 0.6 is 0 Å². The average Bonchev–Trinajstić information content (AvgIpc) is 2.64. The zero-order valence-corrected chi connectivity index (χ0v) is 17.1. The molecular formula is C23H34O5. The van der Waals surface area contributed by atoms with E-state index in [1.807, 2.05) is 0 Å². The van der Waals surface area contributed by atoms with Gasteiger partial charge in [-0.3, -0.25) is 4.79 Å². The maximum atomic E-state index is 12.3. The summed E-state index contributed by atoms with van der Waals surface area (Å²) in [6.07, 6.45) is 10.9. The molecule has 5 aliphatic rings. The third-order valence-corrected chi connectivity index (χ3v) is 7.49. The van der Waals surface area contributed by atoms with E-state index in [0.717, 1.165) is 24.4 Å². The summed E-state index contributed by atoms with van der Waals surface area (Å²) >= 11 is 0. The second-order valence-corrected chi connectivity index (χ2v) is 10.0. The number of hydrogen-bond acceptors (Lipinski definition) is 5. The van der Waals surface area contributed by atoms with Gasteiger partial charge in [0, 0.05) is 5.57 Å². The Kier molecular flexibility index (Phi) is 5.82. The van der Waals surface area contributed by atoms with E-state index >= 15 is 0 Å². The van der Waals surface area contributed by atoms with Gasteiger partial charge in [-0.05, 0) is 94.3 Å². The molecule has 0 amide bonds. The van der Waals surface area contributed by atoms with Crippen molar-refractivity contribution in [3.05, 3.63) is 12.2 Å². The Balaban J connectivity index is 1.14. The van der Waals surface area contributed by atoms with Crippen molar-refractivity contribution in [3.8, 4) is 0 Å². The first-order valence-electron chi connectivity index (χ1n) is 11.0. The Morgan fingerprint density at radius 3 is 2.07 bits per heavy atom. The van der Waals surface area contributed by atoms with Gasteiger partial charge >= 0.3 is 11.9 Å². The van der Waals surface area contributed by atoms with Crippen molar-refractivity contribution in [3.63, 3.8) is 0 Å². The van der Waals surface area contributed by atoms with E-state index in [1.54, 1.807) is 6.92 Å². The molecule has 0 heterocycles. The molecular weight excluding hydrogens is 356 g/mol. The fourth-order valence-electron chi connectivity index (χ4n) is 6.61. The monoisotopic (exact) mass is 390 g/mol. The molecule has 0 N–H and O–H groups in total. The first-order chi connectivity index (χ1) is 13.4. The molecule has 0 radical (unpaired) electrons. The summed E-state index contributed by atoms with van der Waals surface area (Å²) in [5.41, 5.74) is 0.768. The van der Waals surface area contributed by atoms with E-state index in [4.69, 9.17) is 14.2 Å². The van der Waals surface area contributed by atoms with Crippen molar-refractivity contribution in [1.82, 2.24) is 0 Å². The molecule has 28 heavy (non-hydrogen) atoms. The second kappa shape index (κ2) is 8.17. The van der Waals surface area contributed by atoms with Crippen molar-refractivity contribution in [2.75, 3.05) is 13.4 Å². The van der Waals surface area contributed by atoms with Crippen LogP contribution in [0.4, 0.5) is 0 Å². The number of hydrogen-bond donors (Lipinski definition) is 0. The smallest absolute Gasteiger partial charge is 0.333 e. The lowest BCUT2D eigenvalue weighted by molar-refractivity contribution is -0.172. The van der Waals surface area contributed by atoms with E-state index in [-0.39, 0.29) is 30.8 Å². The summed E-state index contributed by atoms with van der Waals surface area (Å²) in [7, 11) is 0. The molecule has 5 heteroatoms. The van der Waals surface area contributed by atoms with Crippen molar-refractivity contribution in [2.24, 2.45) is 29.1 Å². The van der Waals surface area contributed by atoms with Gasteiger partial charge in [-0.1, -0.05) is 6.58 Å². The van der Waals surface area contributed by atoms with Crippen LogP contribution in [0.3, 0.4) is 0 Å². The summed E-state index contributed by atoms with van der Waals surface area (Å²) in [5, 5.41) is 0. The first kappa shape index (κ1) is 19.9. The largest absolute Gasteiger partial charge is 0.459 e. The second-order valence-electron chi connectivity index (χ2n) is 10.0. The maximum Gasteiger partial charge on any atom is 0.333 e. The van der Waals surface area contributed by atoms with Gasteiger partial charge in [0.15, 0.2) is 6.79 Å². The molecule has 5 saturated carbocycles. The fraction of sp³-hybridized carbons (Fsp3) is 0.826. The van der Waals surface area contributed by atoms with E-state index < -0.39 is 0 Å². The Hall–Kier alpha value is -1.36. The molecule has 0 saturated heterocycles. The van der Waals surface area contributed by atoms with E-state index in [2.05, 4.69) is 6.58 Å². The zero-order chi connectivity index (χ0) is 19.7. The minimum absolute atomic E-state index is 0.0746. The Morgan fingerprint density at radius 2 is 1.54 bits per heavy atom. The lowest BCUT2D eigenvalue weighted by Gasteiger charge is -2.56. The van der Waals surface area contributed by atoms with Crippen LogP contribution in [0.25, 0.3) is 0 Å². The topological polar surface area (TPSA) is 61.8 Å². The van der Waals surface area contributed by atoms with Crippen molar-refractivity contribution >= 4 is 11.9 Å². The first-order valence-corrected chi connectivity index (χ1v) is 11.0. The summed E-state index contributed by atoms with van der Waals surface area (Å²) in [6, 6.07) is 0. The van der Waals surface area contributed by atoms with Crippen LogP contribution in [-0.2, 0) is 23.8 Å². The number of rotatable bonds is 7. The molecule has 0 aromatic rings. The number of carbonyl (C=O) groups excluding carboxylic acids is 2. The zero-order valence-electron chi connectivity index (χ0n) is 17.1. The predicted octanol–water partition coefficient (Wildman–Crippen LogP) is 4.40. The molecule has 5 aliphatic carbocycles. The molecule has 5 fully saturated rings. The molecule has 5 rings (SSSR count). The van der Waals surface area contributed by atoms with Gasteiger partial charge in [0.25, 0.3) is 0 Å². The molecule has 156 valence electrons. The Labute approximate surface area is 168 Å². The van der Waals surface area contributed by atoms with E-state index in [9.17, 15) is 9.59 Å². The molecule has 0 unspecified atom stereocenters. The average molecular weight is 391 g/mol. The highest BCUT2D eigenvalue weighted by Crippen LogP contribution is 2.60. The molecule has 0 atom stereocenters. The van der Waals surface area contributed by atoms with Crippen LogP contribution < -0.4 is 0 Å². The standard InChI is InChI=1S/C23H34O5/c1-15(2)21(24)28-20-5-3-19(4-6-20)22(25)27-14-26-13-23-10-16-7-17(11-23)9-18(8-16)12-23/h16-20H,1,3-14H2,2H3. The molecule has 0 aliphatic heterocycles. The van der Waals surface area contributed by atoms with Crippen LogP contribution in [0.2, 0.25) is 0 Å². The number of ether oxygens (including phenoxy) is 3. The summed E-state index contributed by atoms with van der Waals surface area (Å²) in [6.45, 7) is 6.07.